The lowest BCUT2D eigenvalue weighted by Crippen LogP contribution is -2.42. The van der Waals surface area contributed by atoms with E-state index in [1.807, 2.05) is 36.6 Å². The second kappa shape index (κ2) is 8.72. The highest BCUT2D eigenvalue weighted by atomic mass is 32.2. The highest BCUT2D eigenvalue weighted by molar-refractivity contribution is 8.01. The Balaban J connectivity index is 1.52. The maximum Gasteiger partial charge on any atom is 0.227 e. The number of carbonyl (C=O) groups is 1. The van der Waals surface area contributed by atoms with Gasteiger partial charge in [-0.3, -0.25) is 4.79 Å². The first kappa shape index (κ1) is 20.3. The van der Waals surface area contributed by atoms with Crippen LogP contribution in [0.3, 0.4) is 0 Å². The average Bonchev–Trinajstić information content (AvgIpc) is 3.08. The van der Waals surface area contributed by atoms with Crippen LogP contribution in [0.1, 0.15) is 25.5 Å². The number of hydrogen-bond acceptors (Lipinski definition) is 6. The van der Waals surface area contributed by atoms with E-state index in [1.165, 1.54) is 4.31 Å². The van der Waals surface area contributed by atoms with Gasteiger partial charge in [0.05, 0.1) is 5.75 Å². The Kier molecular flexibility index (Phi) is 6.56. The molecule has 0 atom stereocenters. The number of benzene rings is 1. The third kappa shape index (κ3) is 5.31. The van der Waals surface area contributed by atoms with Crippen molar-refractivity contribution in [2.45, 2.75) is 35.9 Å². The summed E-state index contributed by atoms with van der Waals surface area (Å²) in [4.78, 5) is 18.0. The molecule has 1 amide bonds. The van der Waals surface area contributed by atoms with E-state index in [9.17, 15) is 13.2 Å². The second-order valence-electron chi connectivity index (χ2n) is 6.44. The monoisotopic (exact) mass is 425 g/mol. The summed E-state index contributed by atoms with van der Waals surface area (Å²) in [6.07, 6.45) is 1.12. The van der Waals surface area contributed by atoms with E-state index in [0.29, 0.717) is 25.9 Å². The minimum atomic E-state index is -3.16. The van der Waals surface area contributed by atoms with Gasteiger partial charge in [0.1, 0.15) is 0 Å². The molecule has 1 aromatic heterocycles. The molecule has 6 nitrogen and oxygen atoms in total. The smallest absolute Gasteiger partial charge is 0.227 e. The van der Waals surface area contributed by atoms with Crippen molar-refractivity contribution < 1.29 is 13.2 Å². The zero-order chi connectivity index (χ0) is 19.4. The first-order chi connectivity index (χ1) is 12.9. The van der Waals surface area contributed by atoms with Crippen LogP contribution in [0.25, 0.3) is 0 Å². The quantitative estimate of drug-likeness (QED) is 0.765. The molecule has 2 heterocycles. The Morgan fingerprint density at radius 2 is 1.96 bits per heavy atom. The van der Waals surface area contributed by atoms with Crippen molar-refractivity contribution in [1.29, 1.82) is 0 Å². The molecular formula is C18H23N3O3S3. The molecule has 27 heavy (non-hydrogen) atoms. The standard InChI is InChI=1S/C18H23N3O3S3/c1-3-27(23,24)21-10-8-14(9-11-21)17(22)20-15-4-6-16(7-5-15)26-18-19-13(2)12-25-18/h4-7,12,14H,3,8-11H2,1-2H3,(H,20,22). The molecule has 1 aromatic carbocycles. The Labute approximate surface area is 168 Å². The predicted molar refractivity (Wildman–Crippen MR) is 110 cm³/mol. The van der Waals surface area contributed by atoms with Gasteiger partial charge in [-0.15, -0.1) is 11.3 Å². The van der Waals surface area contributed by atoms with Gasteiger partial charge in [0.25, 0.3) is 0 Å². The molecule has 1 aliphatic rings. The van der Waals surface area contributed by atoms with Gasteiger partial charge in [0.2, 0.25) is 15.9 Å². The minimum absolute atomic E-state index is 0.0421. The van der Waals surface area contributed by atoms with E-state index in [-0.39, 0.29) is 17.6 Å². The fourth-order valence-corrected chi connectivity index (χ4v) is 5.85. The molecule has 1 N–H and O–H groups in total. The lowest BCUT2D eigenvalue weighted by molar-refractivity contribution is -0.120. The number of thiazole rings is 1. The molecule has 2 aromatic rings. The summed E-state index contributed by atoms with van der Waals surface area (Å²) >= 11 is 3.22. The number of rotatable bonds is 6. The van der Waals surface area contributed by atoms with Gasteiger partial charge in [-0.1, -0.05) is 11.8 Å². The molecule has 1 saturated heterocycles. The van der Waals surface area contributed by atoms with Crippen LogP contribution in [-0.4, -0.2) is 42.5 Å². The van der Waals surface area contributed by atoms with Crippen molar-refractivity contribution >= 4 is 44.7 Å². The summed E-state index contributed by atoms with van der Waals surface area (Å²) in [5, 5.41) is 4.97. The molecule has 0 aliphatic carbocycles. The predicted octanol–water partition coefficient (Wildman–Crippen LogP) is 3.60. The second-order valence-corrected chi connectivity index (χ2v) is 10.9. The molecule has 9 heteroatoms. The summed E-state index contributed by atoms with van der Waals surface area (Å²) < 4.78 is 26.3. The molecule has 0 spiro atoms. The Morgan fingerprint density at radius 1 is 1.30 bits per heavy atom. The molecule has 0 saturated carbocycles. The summed E-state index contributed by atoms with van der Waals surface area (Å²) in [7, 11) is -3.16. The molecule has 1 aliphatic heterocycles. The topological polar surface area (TPSA) is 79.4 Å². The van der Waals surface area contributed by atoms with Gasteiger partial charge in [0.15, 0.2) is 4.34 Å². The number of aryl methyl sites for hydroxylation is 1. The van der Waals surface area contributed by atoms with Crippen molar-refractivity contribution in [3.63, 3.8) is 0 Å². The fraction of sp³-hybridized carbons (Fsp3) is 0.444. The maximum atomic E-state index is 12.5. The average molecular weight is 426 g/mol. The SMILES string of the molecule is CCS(=O)(=O)N1CCC(C(=O)Nc2ccc(Sc3nc(C)cs3)cc2)CC1. The molecule has 0 bridgehead atoms. The van der Waals surface area contributed by atoms with Gasteiger partial charge in [-0.2, -0.15) is 0 Å². The number of anilines is 1. The van der Waals surface area contributed by atoms with Gasteiger partial charge < -0.3 is 5.32 Å². The van der Waals surface area contributed by atoms with E-state index in [0.717, 1.165) is 20.6 Å². The largest absolute Gasteiger partial charge is 0.326 e. The van der Waals surface area contributed by atoms with E-state index < -0.39 is 10.0 Å². The number of hydrogen-bond donors (Lipinski definition) is 1. The summed E-state index contributed by atoms with van der Waals surface area (Å²) in [5.74, 6) is -0.0884. The van der Waals surface area contributed by atoms with Gasteiger partial charge in [0, 0.05) is 40.7 Å². The lowest BCUT2D eigenvalue weighted by atomic mass is 9.97. The van der Waals surface area contributed by atoms with Crippen LogP contribution in [0, 0.1) is 12.8 Å². The Bertz CT molecular complexity index is 886. The van der Waals surface area contributed by atoms with Gasteiger partial charge >= 0.3 is 0 Å². The van der Waals surface area contributed by atoms with Crippen LogP contribution in [-0.2, 0) is 14.8 Å². The van der Waals surface area contributed by atoms with Crippen LogP contribution in [0.4, 0.5) is 5.69 Å². The summed E-state index contributed by atoms with van der Waals surface area (Å²) in [6.45, 7) is 4.45. The van der Waals surface area contributed by atoms with Crippen LogP contribution in [0.2, 0.25) is 0 Å². The van der Waals surface area contributed by atoms with Crippen molar-refractivity contribution in [2.75, 3.05) is 24.2 Å². The number of piperidine rings is 1. The summed E-state index contributed by atoms with van der Waals surface area (Å²) in [5.41, 5.74) is 1.77. The van der Waals surface area contributed by atoms with Crippen LogP contribution in [0.15, 0.2) is 38.9 Å². The number of amides is 1. The van der Waals surface area contributed by atoms with Crippen LogP contribution < -0.4 is 5.32 Å². The third-order valence-corrected chi connectivity index (χ3v) is 8.45. The van der Waals surface area contributed by atoms with Crippen LogP contribution >= 0.6 is 23.1 Å². The first-order valence-electron chi connectivity index (χ1n) is 8.86. The lowest BCUT2D eigenvalue weighted by Gasteiger charge is -2.30. The summed E-state index contributed by atoms with van der Waals surface area (Å²) in [6, 6.07) is 7.70. The number of carbonyl (C=O) groups excluding carboxylic acids is 1. The van der Waals surface area contributed by atoms with Crippen molar-refractivity contribution in [1.82, 2.24) is 9.29 Å². The maximum absolute atomic E-state index is 12.5. The zero-order valence-electron chi connectivity index (χ0n) is 15.3. The normalized spacial score (nSPS) is 16.4. The zero-order valence-corrected chi connectivity index (χ0v) is 17.8. The molecular weight excluding hydrogens is 402 g/mol. The van der Waals surface area contributed by atoms with Crippen LogP contribution in [0.5, 0.6) is 0 Å². The highest BCUT2D eigenvalue weighted by Gasteiger charge is 2.30. The molecule has 0 radical (unpaired) electrons. The Hall–Kier alpha value is -1.42. The van der Waals surface area contributed by atoms with Crippen molar-refractivity contribution in [2.24, 2.45) is 5.92 Å². The first-order valence-corrected chi connectivity index (χ1v) is 12.2. The van der Waals surface area contributed by atoms with Gasteiger partial charge in [-0.25, -0.2) is 17.7 Å². The molecule has 146 valence electrons. The minimum Gasteiger partial charge on any atom is -0.326 e. The number of aromatic nitrogens is 1. The van der Waals surface area contributed by atoms with E-state index in [1.54, 1.807) is 30.0 Å². The van der Waals surface area contributed by atoms with Crippen molar-refractivity contribution in [3.05, 3.63) is 35.3 Å². The van der Waals surface area contributed by atoms with Crippen molar-refractivity contribution in [3.8, 4) is 0 Å². The number of nitrogens with one attached hydrogen (secondary N) is 1. The van der Waals surface area contributed by atoms with E-state index >= 15 is 0 Å². The fourth-order valence-electron chi connectivity index (χ4n) is 2.91. The Morgan fingerprint density at radius 3 is 2.52 bits per heavy atom. The van der Waals surface area contributed by atoms with Gasteiger partial charge in [-0.05, 0) is 51.0 Å². The number of nitrogens with zero attached hydrogens (tertiary/aromatic N) is 2. The highest BCUT2D eigenvalue weighted by Crippen LogP contribution is 2.31. The molecule has 0 unspecified atom stereocenters. The molecule has 1 fully saturated rings. The van der Waals surface area contributed by atoms with E-state index in [4.69, 9.17) is 0 Å². The third-order valence-electron chi connectivity index (χ3n) is 4.51. The van der Waals surface area contributed by atoms with E-state index in [2.05, 4.69) is 10.3 Å². The molecule has 3 rings (SSSR count). The number of sulfonamides is 1.